The zero-order valence-corrected chi connectivity index (χ0v) is 23.6. The van der Waals surface area contributed by atoms with Crippen LogP contribution in [0.1, 0.15) is 35.2 Å². The Hall–Kier alpha value is -5.22. The fourth-order valence-electron chi connectivity index (χ4n) is 4.94. The first-order valence-corrected chi connectivity index (χ1v) is 13.6. The van der Waals surface area contributed by atoms with Crippen LogP contribution >= 0.6 is 0 Å². The van der Waals surface area contributed by atoms with Crippen molar-refractivity contribution in [3.63, 3.8) is 0 Å². The molecule has 41 heavy (non-hydrogen) atoms. The van der Waals surface area contributed by atoms with Crippen LogP contribution in [0.3, 0.4) is 0 Å². The molecule has 7 heteroatoms. The molecule has 0 saturated heterocycles. The number of anilines is 4. The molecule has 2 aromatic carbocycles. The minimum atomic E-state index is -0.167. The molecule has 0 spiro atoms. The average Bonchev–Trinajstić information content (AvgIpc) is 3.53. The number of nitrogens with zero attached hydrogens (tertiary/aromatic N) is 4. The molecule has 3 heterocycles. The van der Waals surface area contributed by atoms with E-state index in [4.69, 9.17) is 0 Å². The van der Waals surface area contributed by atoms with E-state index in [0.29, 0.717) is 0 Å². The Morgan fingerprint density at radius 3 is 2.34 bits per heavy atom. The third kappa shape index (κ3) is 5.32. The first kappa shape index (κ1) is 26.0. The monoisotopic (exact) mass is 539 g/mol. The fraction of sp³-hybridized carbons (Fsp3) is 0.176. The van der Waals surface area contributed by atoms with Gasteiger partial charge < -0.3 is 16.0 Å². The third-order valence-electron chi connectivity index (χ3n) is 7.63. The number of benzene rings is 2. The molecule has 1 aliphatic rings. The van der Waals surface area contributed by atoms with Crippen LogP contribution in [0.25, 0.3) is 5.65 Å². The maximum Gasteiger partial charge on any atom is 0.161 e. The summed E-state index contributed by atoms with van der Waals surface area (Å²) in [7, 11) is 1.89. The van der Waals surface area contributed by atoms with E-state index < -0.39 is 0 Å². The minimum absolute atomic E-state index is 0.167. The second-order valence-corrected chi connectivity index (χ2v) is 10.7. The number of hydrogen-bond donors (Lipinski definition) is 3. The molecule has 1 fully saturated rings. The smallest absolute Gasteiger partial charge is 0.161 e. The van der Waals surface area contributed by atoms with Crippen molar-refractivity contribution in [1.82, 2.24) is 19.2 Å². The zero-order chi connectivity index (χ0) is 28.6. The van der Waals surface area contributed by atoms with Crippen molar-refractivity contribution in [2.24, 2.45) is 12.5 Å². The van der Waals surface area contributed by atoms with E-state index in [-0.39, 0.29) is 5.41 Å². The number of nitrogens with one attached hydrogen (secondary N) is 3. The molecule has 204 valence electrons. The van der Waals surface area contributed by atoms with Crippen LogP contribution in [0, 0.1) is 31.1 Å². The SMILES string of the molecule is C=C(Nc1ccc(C)cc1)C1(C(=C)Nc2ccc(C)c(C#Cc3cnc4c(Nc5cnn(C)c5)cccn34)c2)CC1. The van der Waals surface area contributed by atoms with Gasteiger partial charge in [0.2, 0.25) is 0 Å². The number of fused-ring (bicyclic) bond motifs is 1. The molecular formula is C34H33N7. The summed E-state index contributed by atoms with van der Waals surface area (Å²) in [6.07, 6.45) is 9.52. The number of aryl methyl sites for hydroxylation is 3. The van der Waals surface area contributed by atoms with Gasteiger partial charge >= 0.3 is 0 Å². The maximum atomic E-state index is 4.63. The Labute approximate surface area is 240 Å². The van der Waals surface area contributed by atoms with Gasteiger partial charge in [0.05, 0.1) is 23.8 Å². The van der Waals surface area contributed by atoms with E-state index >= 15 is 0 Å². The first-order valence-electron chi connectivity index (χ1n) is 13.6. The highest BCUT2D eigenvalue weighted by atomic mass is 15.3. The number of pyridine rings is 1. The van der Waals surface area contributed by atoms with Crippen molar-refractivity contribution in [2.45, 2.75) is 26.7 Å². The number of hydrogen-bond acceptors (Lipinski definition) is 5. The van der Waals surface area contributed by atoms with Gasteiger partial charge in [-0.2, -0.15) is 5.10 Å². The molecular weight excluding hydrogens is 506 g/mol. The third-order valence-corrected chi connectivity index (χ3v) is 7.63. The molecule has 0 amide bonds. The van der Waals surface area contributed by atoms with Crippen LogP contribution in [0.2, 0.25) is 0 Å². The van der Waals surface area contributed by atoms with Crippen LogP contribution in [0.4, 0.5) is 22.7 Å². The van der Waals surface area contributed by atoms with Crippen molar-refractivity contribution >= 4 is 28.4 Å². The summed E-state index contributed by atoms with van der Waals surface area (Å²) >= 11 is 0. The molecule has 6 rings (SSSR count). The molecule has 0 bridgehead atoms. The Balaban J connectivity index is 1.19. The van der Waals surface area contributed by atoms with Crippen LogP contribution in [0.15, 0.2) is 104 Å². The lowest BCUT2D eigenvalue weighted by atomic mass is 9.98. The summed E-state index contributed by atoms with van der Waals surface area (Å²) in [4.78, 5) is 4.63. The molecule has 0 atom stereocenters. The molecule has 1 aliphatic carbocycles. The summed E-state index contributed by atoms with van der Waals surface area (Å²) in [6.45, 7) is 12.9. The van der Waals surface area contributed by atoms with Crippen LogP contribution in [-0.4, -0.2) is 19.2 Å². The summed E-state index contributed by atoms with van der Waals surface area (Å²) in [6, 6.07) is 18.6. The van der Waals surface area contributed by atoms with Crippen molar-refractivity contribution in [3.05, 3.63) is 126 Å². The topological polar surface area (TPSA) is 71.2 Å². The summed E-state index contributed by atoms with van der Waals surface area (Å²) in [5.74, 6) is 6.69. The van der Waals surface area contributed by atoms with E-state index in [2.05, 4.69) is 107 Å². The molecule has 5 aromatic rings. The van der Waals surface area contributed by atoms with Gasteiger partial charge in [-0.3, -0.25) is 9.08 Å². The van der Waals surface area contributed by atoms with Gasteiger partial charge in [-0.05, 0) is 74.6 Å². The highest BCUT2D eigenvalue weighted by molar-refractivity contribution is 5.74. The molecule has 3 aromatic heterocycles. The van der Waals surface area contributed by atoms with Gasteiger partial charge in [-0.15, -0.1) is 0 Å². The van der Waals surface area contributed by atoms with Crippen molar-refractivity contribution in [2.75, 3.05) is 16.0 Å². The Kier molecular flexibility index (Phi) is 6.60. The molecule has 3 N–H and O–H groups in total. The van der Waals surface area contributed by atoms with Gasteiger partial charge in [-0.25, -0.2) is 4.98 Å². The van der Waals surface area contributed by atoms with Crippen molar-refractivity contribution < 1.29 is 0 Å². The Morgan fingerprint density at radius 1 is 0.902 bits per heavy atom. The largest absolute Gasteiger partial charge is 0.359 e. The molecule has 0 unspecified atom stereocenters. The fourth-order valence-corrected chi connectivity index (χ4v) is 4.94. The van der Waals surface area contributed by atoms with Crippen LogP contribution in [-0.2, 0) is 7.05 Å². The summed E-state index contributed by atoms with van der Waals surface area (Å²) in [5, 5.41) is 14.7. The molecule has 0 radical (unpaired) electrons. The second kappa shape index (κ2) is 10.4. The highest BCUT2D eigenvalue weighted by Crippen LogP contribution is 2.56. The number of aromatic nitrogens is 4. The van der Waals surface area contributed by atoms with Gasteiger partial charge in [0, 0.05) is 53.2 Å². The van der Waals surface area contributed by atoms with Gasteiger partial charge in [0.25, 0.3) is 0 Å². The standard InChI is InChI=1S/C34H33N7/c1-23-8-12-28(13-9-23)37-25(3)34(16-17-34)26(4)38-29-14-10-24(2)27(19-29)11-15-31-21-35-33-32(7-6-18-41(31)33)39-30-20-36-40(5)22-30/h6-10,12-14,18-22,37-39H,3-4,16-17H2,1-2,5H3. The predicted molar refractivity (Wildman–Crippen MR) is 167 cm³/mol. The summed E-state index contributed by atoms with van der Waals surface area (Å²) in [5.41, 5.74) is 10.4. The number of rotatable bonds is 8. The average molecular weight is 540 g/mol. The van der Waals surface area contributed by atoms with Gasteiger partial charge in [0.1, 0.15) is 5.69 Å². The maximum absolute atomic E-state index is 4.63. The highest BCUT2D eigenvalue weighted by Gasteiger charge is 2.48. The van der Waals surface area contributed by atoms with Crippen molar-refractivity contribution in [3.8, 4) is 11.8 Å². The van der Waals surface area contributed by atoms with Crippen LogP contribution < -0.4 is 16.0 Å². The number of imidazole rings is 1. The Morgan fingerprint density at radius 2 is 1.63 bits per heavy atom. The molecule has 7 nitrogen and oxygen atoms in total. The van der Waals surface area contributed by atoms with Gasteiger partial charge in [-0.1, -0.05) is 42.8 Å². The first-order chi connectivity index (χ1) is 19.8. The molecule has 0 aliphatic heterocycles. The predicted octanol–water partition coefficient (Wildman–Crippen LogP) is 7.16. The van der Waals surface area contributed by atoms with Crippen molar-refractivity contribution in [1.29, 1.82) is 0 Å². The van der Waals surface area contributed by atoms with E-state index in [9.17, 15) is 0 Å². The Bertz CT molecular complexity index is 1840. The van der Waals surface area contributed by atoms with E-state index in [1.54, 1.807) is 17.1 Å². The van der Waals surface area contributed by atoms with E-state index in [0.717, 1.165) is 69.5 Å². The lowest BCUT2D eigenvalue weighted by Crippen LogP contribution is -2.19. The normalized spacial score (nSPS) is 13.2. The van der Waals surface area contributed by atoms with E-state index in [1.165, 1.54) is 5.56 Å². The lowest BCUT2D eigenvalue weighted by Gasteiger charge is -2.24. The van der Waals surface area contributed by atoms with Crippen LogP contribution in [0.5, 0.6) is 0 Å². The van der Waals surface area contributed by atoms with Gasteiger partial charge in [0.15, 0.2) is 5.65 Å². The van der Waals surface area contributed by atoms with E-state index in [1.807, 2.05) is 36.0 Å². The zero-order valence-electron chi connectivity index (χ0n) is 23.6. The molecule has 1 saturated carbocycles. The quantitative estimate of drug-likeness (QED) is 0.183. The second-order valence-electron chi connectivity index (χ2n) is 10.7. The minimum Gasteiger partial charge on any atom is -0.359 e. The lowest BCUT2D eigenvalue weighted by molar-refractivity contribution is 0.741. The summed E-state index contributed by atoms with van der Waals surface area (Å²) < 4.78 is 3.75.